The van der Waals surface area contributed by atoms with E-state index in [0.29, 0.717) is 0 Å². The minimum Gasteiger partial charge on any atom is -0.252 e. The molecule has 0 unspecified atom stereocenters. The van der Waals surface area contributed by atoms with Crippen molar-refractivity contribution >= 4 is 27.0 Å². The lowest BCUT2D eigenvalue weighted by molar-refractivity contribution is 1.18. The van der Waals surface area contributed by atoms with Crippen molar-refractivity contribution in [2.45, 2.75) is 13.8 Å². The summed E-state index contributed by atoms with van der Waals surface area (Å²) in [7, 11) is 0. The normalized spacial score (nSPS) is 10.7. The van der Waals surface area contributed by atoms with Gasteiger partial charge in [-0.25, -0.2) is 4.98 Å². The number of nitrogens with zero attached hydrogens (tertiary/aromatic N) is 2. The third-order valence-corrected chi connectivity index (χ3v) is 2.47. The summed E-state index contributed by atoms with van der Waals surface area (Å²) in [5, 5.41) is 0. The molecule has 1 aromatic heterocycles. The second-order valence-corrected chi connectivity index (χ2v) is 3.98. The van der Waals surface area contributed by atoms with Gasteiger partial charge in [0.05, 0.1) is 11.2 Å². The van der Waals surface area contributed by atoms with Crippen LogP contribution in [0.3, 0.4) is 0 Å². The quantitative estimate of drug-likeness (QED) is 0.703. The maximum atomic E-state index is 4.40. The summed E-state index contributed by atoms with van der Waals surface area (Å²) in [5.74, 6) is 0. The van der Waals surface area contributed by atoms with Crippen LogP contribution in [-0.4, -0.2) is 9.97 Å². The van der Waals surface area contributed by atoms with E-state index in [9.17, 15) is 0 Å². The van der Waals surface area contributed by atoms with E-state index in [2.05, 4.69) is 25.9 Å². The number of rotatable bonds is 0. The van der Waals surface area contributed by atoms with Crippen molar-refractivity contribution in [3.05, 3.63) is 34.1 Å². The first-order valence-corrected chi connectivity index (χ1v) is 4.85. The van der Waals surface area contributed by atoms with Gasteiger partial charge in [0.1, 0.15) is 5.52 Å². The highest BCUT2D eigenvalue weighted by Crippen LogP contribution is 2.22. The largest absolute Gasteiger partial charge is 0.252 e. The zero-order valence-corrected chi connectivity index (χ0v) is 9.09. The van der Waals surface area contributed by atoms with Crippen LogP contribution in [0, 0.1) is 13.8 Å². The number of aromatic nitrogens is 2. The van der Waals surface area contributed by atoms with Crippen LogP contribution in [0.15, 0.2) is 22.8 Å². The lowest BCUT2D eigenvalue weighted by Gasteiger charge is -2.01. The van der Waals surface area contributed by atoms with Crippen molar-refractivity contribution in [3.8, 4) is 0 Å². The molecule has 2 rings (SSSR count). The van der Waals surface area contributed by atoms with Gasteiger partial charge in [-0.05, 0) is 47.5 Å². The summed E-state index contributed by atoms with van der Waals surface area (Å²) in [4.78, 5) is 8.72. The van der Waals surface area contributed by atoms with Crippen molar-refractivity contribution in [2.24, 2.45) is 0 Å². The minimum atomic E-state index is 0.927. The molecule has 0 radical (unpaired) electrons. The van der Waals surface area contributed by atoms with Crippen LogP contribution in [0.25, 0.3) is 11.0 Å². The lowest BCUT2D eigenvalue weighted by Crippen LogP contribution is -1.88. The maximum absolute atomic E-state index is 4.40. The standard InChI is InChI=1S/C10H9BrN2/c1-6-3-8(11)10-9(4-6)13-7(2)5-12-10/h3-5H,1-2H3. The fourth-order valence-electron chi connectivity index (χ4n) is 1.31. The van der Waals surface area contributed by atoms with E-state index in [0.717, 1.165) is 21.2 Å². The van der Waals surface area contributed by atoms with E-state index in [-0.39, 0.29) is 0 Å². The zero-order chi connectivity index (χ0) is 9.42. The number of hydrogen-bond donors (Lipinski definition) is 0. The Morgan fingerprint density at radius 3 is 2.77 bits per heavy atom. The summed E-state index contributed by atoms with van der Waals surface area (Å²) in [6.45, 7) is 4.00. The van der Waals surface area contributed by atoms with E-state index >= 15 is 0 Å². The van der Waals surface area contributed by atoms with Gasteiger partial charge < -0.3 is 0 Å². The lowest BCUT2D eigenvalue weighted by atomic mass is 10.2. The predicted octanol–water partition coefficient (Wildman–Crippen LogP) is 3.01. The molecule has 66 valence electrons. The molecule has 2 aromatic rings. The van der Waals surface area contributed by atoms with Gasteiger partial charge in [-0.15, -0.1) is 0 Å². The molecule has 0 saturated carbocycles. The third-order valence-electron chi connectivity index (χ3n) is 1.86. The Labute approximate surface area is 85.1 Å². The van der Waals surface area contributed by atoms with Crippen LogP contribution >= 0.6 is 15.9 Å². The van der Waals surface area contributed by atoms with Crippen LogP contribution in [0.5, 0.6) is 0 Å². The molecule has 0 fully saturated rings. The van der Waals surface area contributed by atoms with Crippen molar-refractivity contribution < 1.29 is 0 Å². The van der Waals surface area contributed by atoms with E-state index in [4.69, 9.17) is 0 Å². The smallest absolute Gasteiger partial charge is 0.103 e. The first-order chi connectivity index (χ1) is 6.16. The number of halogens is 1. The molecule has 0 saturated heterocycles. The second-order valence-electron chi connectivity index (χ2n) is 3.13. The van der Waals surface area contributed by atoms with Gasteiger partial charge in [-0.3, -0.25) is 4.98 Å². The van der Waals surface area contributed by atoms with Crippen LogP contribution in [-0.2, 0) is 0 Å². The number of hydrogen-bond acceptors (Lipinski definition) is 2. The molecule has 1 heterocycles. The van der Waals surface area contributed by atoms with Gasteiger partial charge in [0.25, 0.3) is 0 Å². The number of benzene rings is 1. The Balaban J connectivity index is 2.86. The number of fused-ring (bicyclic) bond motifs is 1. The topological polar surface area (TPSA) is 25.8 Å². The molecule has 0 spiro atoms. The summed E-state index contributed by atoms with van der Waals surface area (Å²) in [6.07, 6.45) is 1.78. The highest BCUT2D eigenvalue weighted by Gasteiger charge is 2.02. The van der Waals surface area contributed by atoms with Gasteiger partial charge in [0, 0.05) is 10.7 Å². The van der Waals surface area contributed by atoms with Gasteiger partial charge in [0.15, 0.2) is 0 Å². The second kappa shape index (κ2) is 3.07. The molecule has 0 bridgehead atoms. The fourth-order valence-corrected chi connectivity index (χ4v) is 1.97. The van der Waals surface area contributed by atoms with E-state index in [1.54, 1.807) is 6.20 Å². The molecule has 0 aliphatic carbocycles. The summed E-state index contributed by atoms with van der Waals surface area (Å²) in [5.41, 5.74) is 4.02. The van der Waals surface area contributed by atoms with Gasteiger partial charge in [-0.1, -0.05) is 0 Å². The molecule has 0 aliphatic heterocycles. The predicted molar refractivity (Wildman–Crippen MR) is 56.7 cm³/mol. The summed E-state index contributed by atoms with van der Waals surface area (Å²) in [6, 6.07) is 4.09. The Morgan fingerprint density at radius 2 is 2.00 bits per heavy atom. The van der Waals surface area contributed by atoms with Crippen LogP contribution < -0.4 is 0 Å². The minimum absolute atomic E-state index is 0.927. The van der Waals surface area contributed by atoms with E-state index in [1.807, 2.05) is 26.0 Å². The van der Waals surface area contributed by atoms with Crippen LogP contribution in [0.1, 0.15) is 11.3 Å². The Morgan fingerprint density at radius 1 is 1.23 bits per heavy atom. The molecule has 13 heavy (non-hydrogen) atoms. The Hall–Kier alpha value is -0.960. The molecular weight excluding hydrogens is 228 g/mol. The van der Waals surface area contributed by atoms with Crippen LogP contribution in [0.2, 0.25) is 0 Å². The molecule has 2 nitrogen and oxygen atoms in total. The number of aryl methyl sites for hydroxylation is 2. The van der Waals surface area contributed by atoms with Gasteiger partial charge in [-0.2, -0.15) is 0 Å². The molecule has 1 aromatic carbocycles. The summed E-state index contributed by atoms with van der Waals surface area (Å²) >= 11 is 3.47. The van der Waals surface area contributed by atoms with Gasteiger partial charge in [0.2, 0.25) is 0 Å². The highest BCUT2D eigenvalue weighted by atomic mass is 79.9. The highest BCUT2D eigenvalue weighted by molar-refractivity contribution is 9.10. The first kappa shape index (κ1) is 8.63. The third kappa shape index (κ3) is 1.56. The molecule has 0 N–H and O–H groups in total. The summed E-state index contributed by atoms with van der Waals surface area (Å²) < 4.78 is 1.01. The first-order valence-electron chi connectivity index (χ1n) is 4.06. The SMILES string of the molecule is Cc1cc(Br)c2ncc(C)nc2c1. The molecule has 0 atom stereocenters. The zero-order valence-electron chi connectivity index (χ0n) is 7.50. The molecule has 3 heteroatoms. The molecule has 0 amide bonds. The average Bonchev–Trinajstić information content (AvgIpc) is 2.02. The van der Waals surface area contributed by atoms with Crippen molar-refractivity contribution in [1.82, 2.24) is 9.97 Å². The van der Waals surface area contributed by atoms with Gasteiger partial charge >= 0.3 is 0 Å². The maximum Gasteiger partial charge on any atom is 0.103 e. The Kier molecular flexibility index (Phi) is 2.04. The van der Waals surface area contributed by atoms with Crippen molar-refractivity contribution in [3.63, 3.8) is 0 Å². The fraction of sp³-hybridized carbons (Fsp3) is 0.200. The van der Waals surface area contributed by atoms with Crippen molar-refractivity contribution in [2.75, 3.05) is 0 Å². The Bertz CT molecular complexity index is 460. The van der Waals surface area contributed by atoms with E-state index in [1.165, 1.54) is 5.56 Å². The van der Waals surface area contributed by atoms with Crippen molar-refractivity contribution in [1.29, 1.82) is 0 Å². The van der Waals surface area contributed by atoms with E-state index < -0.39 is 0 Å². The van der Waals surface area contributed by atoms with Crippen LogP contribution in [0.4, 0.5) is 0 Å². The molecular formula is C10H9BrN2. The monoisotopic (exact) mass is 236 g/mol. The average molecular weight is 237 g/mol. The molecule has 0 aliphatic rings.